The Kier molecular flexibility index (Phi) is 7.42. The van der Waals surface area contributed by atoms with Crippen molar-refractivity contribution >= 4 is 69.4 Å². The summed E-state index contributed by atoms with van der Waals surface area (Å²) in [6, 6.07) is 12.6. The first-order valence-corrected chi connectivity index (χ1v) is 9.37. The van der Waals surface area contributed by atoms with E-state index >= 15 is 0 Å². The highest BCUT2D eigenvalue weighted by molar-refractivity contribution is 7.80. The molecule has 7 nitrogen and oxygen atoms in total. The zero-order valence-corrected chi connectivity index (χ0v) is 17.5. The van der Waals surface area contributed by atoms with Gasteiger partial charge in [-0.15, -0.1) is 0 Å². The summed E-state index contributed by atoms with van der Waals surface area (Å²) in [5.74, 6) is -0.675. The van der Waals surface area contributed by atoms with Gasteiger partial charge in [-0.3, -0.25) is 14.9 Å². The summed E-state index contributed by atoms with van der Waals surface area (Å²) >= 11 is 23.1. The summed E-state index contributed by atoms with van der Waals surface area (Å²) in [5.41, 5.74) is 1.49. The van der Waals surface area contributed by atoms with Crippen LogP contribution in [0, 0.1) is 17.0 Å². The van der Waals surface area contributed by atoms with E-state index in [4.69, 9.17) is 47.0 Å². The molecule has 0 aliphatic carbocycles. The lowest BCUT2D eigenvalue weighted by molar-refractivity contribution is -0.384. The third-order valence-electron chi connectivity index (χ3n) is 3.59. The lowest BCUT2D eigenvalue weighted by Gasteiger charge is -2.28. The molecule has 148 valence electrons. The van der Waals surface area contributed by atoms with E-state index in [1.165, 1.54) is 18.2 Å². The van der Waals surface area contributed by atoms with Crippen LogP contribution in [0.1, 0.15) is 15.9 Å². The van der Waals surface area contributed by atoms with Crippen molar-refractivity contribution < 1.29 is 9.72 Å². The van der Waals surface area contributed by atoms with Gasteiger partial charge in [0.25, 0.3) is 11.6 Å². The number of rotatable bonds is 5. The van der Waals surface area contributed by atoms with Gasteiger partial charge in [0.05, 0.1) is 4.92 Å². The number of carbonyl (C=O) groups excluding carboxylic acids is 1. The molecule has 0 spiro atoms. The van der Waals surface area contributed by atoms with Gasteiger partial charge < -0.3 is 16.0 Å². The fourth-order valence-electron chi connectivity index (χ4n) is 2.18. The van der Waals surface area contributed by atoms with Crippen LogP contribution in [-0.4, -0.2) is 25.9 Å². The minimum atomic E-state index is -1.95. The topological polar surface area (TPSA) is 96.3 Å². The Morgan fingerprint density at radius 1 is 1.14 bits per heavy atom. The molecule has 2 aromatic carbocycles. The van der Waals surface area contributed by atoms with Gasteiger partial charge in [0.1, 0.15) is 6.17 Å². The van der Waals surface area contributed by atoms with Crippen molar-refractivity contribution in [2.45, 2.75) is 16.9 Å². The highest BCUT2D eigenvalue weighted by Crippen LogP contribution is 2.29. The Hall–Kier alpha value is -2.13. The number of thiocarbonyl (C=S) groups is 1. The third kappa shape index (κ3) is 6.20. The van der Waals surface area contributed by atoms with Gasteiger partial charge in [-0.1, -0.05) is 59.1 Å². The molecule has 0 bridgehead atoms. The first-order valence-electron chi connectivity index (χ1n) is 7.83. The fraction of sp³-hybridized carbons (Fsp3) is 0.176. The number of aryl methyl sites for hydroxylation is 1. The van der Waals surface area contributed by atoms with Gasteiger partial charge in [0.15, 0.2) is 5.11 Å². The standard InChI is InChI=1S/C17H15Cl3N4O3S/c1-10-5-2-3-8-13(10)21-16(28)23-15(17(18,19)20)22-14(25)11-6-4-7-12(9-11)24(26)27/h2-9,15H,1H3,(H,22,25)(H2,21,23,28)/t15-/m0/s1. The predicted molar refractivity (Wildman–Crippen MR) is 115 cm³/mol. The normalized spacial score (nSPS) is 12.0. The zero-order chi connectivity index (χ0) is 20.9. The van der Waals surface area contributed by atoms with E-state index in [0.29, 0.717) is 0 Å². The number of amides is 1. The van der Waals surface area contributed by atoms with E-state index in [2.05, 4.69) is 16.0 Å². The van der Waals surface area contributed by atoms with Crippen LogP contribution < -0.4 is 16.0 Å². The van der Waals surface area contributed by atoms with E-state index in [-0.39, 0.29) is 16.4 Å². The van der Waals surface area contributed by atoms with E-state index < -0.39 is 20.8 Å². The molecule has 0 radical (unpaired) electrons. The van der Waals surface area contributed by atoms with Crippen LogP contribution in [-0.2, 0) is 0 Å². The minimum Gasteiger partial charge on any atom is -0.339 e. The number of hydrogen-bond donors (Lipinski definition) is 3. The number of alkyl halides is 3. The molecule has 0 aliphatic rings. The Morgan fingerprint density at radius 3 is 2.43 bits per heavy atom. The summed E-state index contributed by atoms with van der Waals surface area (Å²) in [6.45, 7) is 1.89. The fourth-order valence-corrected chi connectivity index (χ4v) is 2.73. The molecule has 28 heavy (non-hydrogen) atoms. The van der Waals surface area contributed by atoms with Gasteiger partial charge in [-0.05, 0) is 36.8 Å². The summed E-state index contributed by atoms with van der Waals surface area (Å²) in [7, 11) is 0. The second-order valence-corrected chi connectivity index (χ2v) is 8.45. The third-order valence-corrected chi connectivity index (χ3v) is 4.47. The molecule has 0 unspecified atom stereocenters. The molecule has 1 atom stereocenters. The monoisotopic (exact) mass is 460 g/mol. The smallest absolute Gasteiger partial charge is 0.270 e. The van der Waals surface area contributed by atoms with Crippen LogP contribution in [0.3, 0.4) is 0 Å². The molecular formula is C17H15Cl3N4O3S. The first-order chi connectivity index (χ1) is 13.1. The van der Waals surface area contributed by atoms with E-state index in [1.54, 1.807) is 0 Å². The van der Waals surface area contributed by atoms with Crippen molar-refractivity contribution in [3.8, 4) is 0 Å². The van der Waals surface area contributed by atoms with Crippen LogP contribution in [0.15, 0.2) is 48.5 Å². The van der Waals surface area contributed by atoms with Crippen molar-refractivity contribution in [2.75, 3.05) is 5.32 Å². The Balaban J connectivity index is 2.12. The molecule has 11 heteroatoms. The Labute approximate surface area is 181 Å². The molecule has 2 aromatic rings. The van der Waals surface area contributed by atoms with Gasteiger partial charge in [-0.2, -0.15) is 0 Å². The lowest BCUT2D eigenvalue weighted by atomic mass is 10.2. The molecule has 2 rings (SSSR count). The zero-order valence-electron chi connectivity index (χ0n) is 14.4. The van der Waals surface area contributed by atoms with Crippen molar-refractivity contribution in [3.63, 3.8) is 0 Å². The minimum absolute atomic E-state index is 0.0352. The van der Waals surface area contributed by atoms with Crippen LogP contribution >= 0.6 is 47.0 Å². The largest absolute Gasteiger partial charge is 0.339 e. The number of nitrogens with one attached hydrogen (secondary N) is 3. The molecule has 0 aliphatic heterocycles. The number of anilines is 1. The number of nitro benzene ring substituents is 1. The number of para-hydroxylation sites is 1. The van der Waals surface area contributed by atoms with Crippen LogP contribution in [0.2, 0.25) is 0 Å². The SMILES string of the molecule is Cc1ccccc1NC(=S)N[C@H](NC(=O)c1cccc([N+](=O)[O-])c1)C(Cl)(Cl)Cl. The van der Waals surface area contributed by atoms with E-state index in [9.17, 15) is 14.9 Å². The molecule has 0 saturated heterocycles. The number of benzene rings is 2. The Bertz CT molecular complexity index is 905. The lowest BCUT2D eigenvalue weighted by Crippen LogP contribution is -2.56. The van der Waals surface area contributed by atoms with Crippen molar-refractivity contribution in [1.82, 2.24) is 10.6 Å². The number of halogens is 3. The average molecular weight is 462 g/mol. The predicted octanol–water partition coefficient (Wildman–Crippen LogP) is 4.32. The molecule has 0 fully saturated rings. The summed E-state index contributed by atoms with van der Waals surface area (Å²) in [6.07, 6.45) is -1.20. The molecule has 1 amide bonds. The highest BCUT2D eigenvalue weighted by Gasteiger charge is 2.35. The van der Waals surface area contributed by atoms with E-state index in [1.807, 2.05) is 31.2 Å². The molecule has 0 aromatic heterocycles. The van der Waals surface area contributed by atoms with Gasteiger partial charge in [0, 0.05) is 23.4 Å². The van der Waals surface area contributed by atoms with Crippen LogP contribution in [0.5, 0.6) is 0 Å². The maximum atomic E-state index is 12.5. The first kappa shape index (κ1) is 22.2. The van der Waals surface area contributed by atoms with Crippen molar-refractivity contribution in [3.05, 3.63) is 69.8 Å². The molecule has 0 heterocycles. The number of non-ortho nitro benzene ring substituents is 1. The molecular weight excluding hydrogens is 447 g/mol. The Morgan fingerprint density at radius 2 is 1.82 bits per heavy atom. The summed E-state index contributed by atoms with van der Waals surface area (Å²) in [5, 5.41) is 19.1. The van der Waals surface area contributed by atoms with E-state index in [0.717, 1.165) is 17.3 Å². The molecule has 3 N–H and O–H groups in total. The second kappa shape index (κ2) is 9.38. The van der Waals surface area contributed by atoms with Crippen LogP contribution in [0.25, 0.3) is 0 Å². The summed E-state index contributed by atoms with van der Waals surface area (Å²) in [4.78, 5) is 22.7. The second-order valence-electron chi connectivity index (χ2n) is 5.67. The maximum absolute atomic E-state index is 12.5. The van der Waals surface area contributed by atoms with Gasteiger partial charge in [-0.25, -0.2) is 0 Å². The van der Waals surface area contributed by atoms with Gasteiger partial charge in [0.2, 0.25) is 3.79 Å². The van der Waals surface area contributed by atoms with Crippen molar-refractivity contribution in [1.29, 1.82) is 0 Å². The van der Waals surface area contributed by atoms with Gasteiger partial charge >= 0.3 is 0 Å². The van der Waals surface area contributed by atoms with Crippen molar-refractivity contribution in [2.24, 2.45) is 0 Å². The number of nitrogens with zero attached hydrogens (tertiary/aromatic N) is 1. The number of nitro groups is 1. The molecule has 0 saturated carbocycles. The quantitative estimate of drug-likeness (QED) is 0.202. The highest BCUT2D eigenvalue weighted by atomic mass is 35.6. The number of hydrogen-bond acceptors (Lipinski definition) is 4. The average Bonchev–Trinajstić information content (AvgIpc) is 2.62. The van der Waals surface area contributed by atoms with Crippen LogP contribution in [0.4, 0.5) is 11.4 Å². The maximum Gasteiger partial charge on any atom is 0.270 e. The number of carbonyl (C=O) groups is 1. The summed E-state index contributed by atoms with van der Waals surface area (Å²) < 4.78 is -1.95.